The first-order valence-electron chi connectivity index (χ1n) is 9.70. The highest BCUT2D eigenvalue weighted by atomic mass is 35.5. The minimum absolute atomic E-state index is 0. The van der Waals surface area contributed by atoms with Crippen LogP contribution in [-0.2, 0) is 0 Å². The van der Waals surface area contributed by atoms with Gasteiger partial charge in [0, 0.05) is 26.2 Å². The van der Waals surface area contributed by atoms with Gasteiger partial charge in [0.15, 0.2) is 0 Å². The predicted octanol–water partition coefficient (Wildman–Crippen LogP) is 4.58. The van der Waals surface area contributed by atoms with E-state index in [4.69, 9.17) is 0 Å². The molecule has 1 aliphatic rings. The molecule has 0 spiro atoms. The third kappa shape index (κ3) is 3.22. The van der Waals surface area contributed by atoms with Crippen LogP contribution in [0.3, 0.4) is 0 Å². The van der Waals surface area contributed by atoms with Crippen molar-refractivity contribution in [2.75, 3.05) is 32.8 Å². The molecule has 0 amide bonds. The number of rotatable bonds is 4. The summed E-state index contributed by atoms with van der Waals surface area (Å²) in [4.78, 5) is 1.80. The van der Waals surface area contributed by atoms with Gasteiger partial charge in [-0.05, 0) is 37.9 Å². The van der Waals surface area contributed by atoms with E-state index in [1.54, 1.807) is 4.90 Å². The molecule has 152 valence electrons. The summed E-state index contributed by atoms with van der Waals surface area (Å²) in [5, 5.41) is 19.0. The number of nitrogens with zero attached hydrogens (tertiary/aromatic N) is 1. The van der Waals surface area contributed by atoms with E-state index in [1.807, 2.05) is 30.3 Å². The second kappa shape index (κ2) is 7.65. The summed E-state index contributed by atoms with van der Waals surface area (Å²) < 4.78 is 30.0. The SMILES string of the molecule is Cl.OCC(F)(F)[C@H](c1ccc2ccc3cccc4ccc1c2c34)N1CCNCC1. The number of halogens is 3. The molecule has 1 atom stereocenters. The lowest BCUT2D eigenvalue weighted by molar-refractivity contribution is -0.118. The van der Waals surface area contributed by atoms with Crippen molar-refractivity contribution in [3.05, 3.63) is 60.2 Å². The fourth-order valence-electron chi connectivity index (χ4n) is 4.71. The van der Waals surface area contributed by atoms with Gasteiger partial charge in [0.25, 0.3) is 5.92 Å². The third-order valence-electron chi connectivity index (χ3n) is 5.98. The van der Waals surface area contributed by atoms with E-state index in [-0.39, 0.29) is 12.4 Å². The van der Waals surface area contributed by atoms with E-state index < -0.39 is 18.6 Å². The molecule has 0 radical (unpaired) electrons. The summed E-state index contributed by atoms with van der Waals surface area (Å²) >= 11 is 0. The Morgan fingerprint density at radius 1 is 0.897 bits per heavy atom. The monoisotopic (exact) mass is 416 g/mol. The third-order valence-corrected chi connectivity index (χ3v) is 5.98. The van der Waals surface area contributed by atoms with Gasteiger partial charge in [-0.1, -0.05) is 54.6 Å². The Bertz CT molecular complexity index is 1130. The van der Waals surface area contributed by atoms with E-state index >= 15 is 0 Å². The number of benzene rings is 4. The summed E-state index contributed by atoms with van der Waals surface area (Å²) in [5.74, 6) is -3.22. The molecule has 1 saturated heterocycles. The van der Waals surface area contributed by atoms with Crippen LogP contribution in [0.2, 0.25) is 0 Å². The van der Waals surface area contributed by atoms with E-state index in [2.05, 4.69) is 29.6 Å². The average molecular weight is 417 g/mol. The summed E-state index contributed by atoms with van der Waals surface area (Å²) in [5.41, 5.74) is 0.590. The van der Waals surface area contributed by atoms with E-state index in [1.165, 1.54) is 0 Å². The lowest BCUT2D eigenvalue weighted by Crippen LogP contribution is -2.51. The minimum atomic E-state index is -3.22. The van der Waals surface area contributed by atoms with Crippen molar-refractivity contribution in [3.8, 4) is 0 Å². The topological polar surface area (TPSA) is 35.5 Å². The predicted molar refractivity (Wildman–Crippen MR) is 117 cm³/mol. The highest BCUT2D eigenvalue weighted by Gasteiger charge is 2.44. The van der Waals surface area contributed by atoms with Gasteiger partial charge in [0.05, 0.1) is 0 Å². The number of aliphatic hydroxyl groups is 1. The van der Waals surface area contributed by atoms with Crippen LogP contribution in [0.25, 0.3) is 32.3 Å². The molecule has 5 rings (SSSR count). The van der Waals surface area contributed by atoms with Gasteiger partial charge < -0.3 is 10.4 Å². The van der Waals surface area contributed by atoms with Crippen LogP contribution in [0.15, 0.2) is 54.6 Å². The maximum atomic E-state index is 15.0. The summed E-state index contributed by atoms with van der Waals surface area (Å²) in [6.45, 7) is 1.24. The zero-order valence-electron chi connectivity index (χ0n) is 15.9. The molecule has 0 aliphatic carbocycles. The lowest BCUT2D eigenvalue weighted by atomic mass is 9.87. The fourth-order valence-corrected chi connectivity index (χ4v) is 4.71. The van der Waals surface area contributed by atoms with Gasteiger partial charge in [0.2, 0.25) is 0 Å². The van der Waals surface area contributed by atoms with Crippen molar-refractivity contribution >= 4 is 44.7 Å². The Kier molecular flexibility index (Phi) is 5.34. The van der Waals surface area contributed by atoms with Gasteiger partial charge in [-0.25, -0.2) is 8.78 Å². The molecule has 0 bridgehead atoms. The van der Waals surface area contributed by atoms with Gasteiger partial charge in [-0.2, -0.15) is 0 Å². The quantitative estimate of drug-likeness (QED) is 0.478. The second-order valence-electron chi connectivity index (χ2n) is 7.62. The Balaban J connectivity index is 0.00000205. The first-order chi connectivity index (χ1) is 13.6. The summed E-state index contributed by atoms with van der Waals surface area (Å²) in [6, 6.07) is 16.9. The zero-order chi connectivity index (χ0) is 19.3. The molecule has 4 aromatic carbocycles. The van der Waals surface area contributed by atoms with Crippen molar-refractivity contribution in [2.45, 2.75) is 12.0 Å². The van der Waals surface area contributed by atoms with Gasteiger partial charge >= 0.3 is 0 Å². The van der Waals surface area contributed by atoms with E-state index in [0.29, 0.717) is 31.7 Å². The number of hydrogen-bond donors (Lipinski definition) is 2. The maximum Gasteiger partial charge on any atom is 0.289 e. The smallest absolute Gasteiger partial charge is 0.289 e. The first kappa shape index (κ1) is 20.2. The normalized spacial score (nSPS) is 17.1. The molecule has 6 heteroatoms. The first-order valence-corrected chi connectivity index (χ1v) is 9.70. The molecule has 2 N–H and O–H groups in total. The molecule has 0 aromatic heterocycles. The molecule has 1 heterocycles. The molecular weight excluding hydrogens is 394 g/mol. The van der Waals surface area contributed by atoms with Crippen molar-refractivity contribution in [3.63, 3.8) is 0 Å². The van der Waals surface area contributed by atoms with Crippen LogP contribution in [0.5, 0.6) is 0 Å². The van der Waals surface area contributed by atoms with E-state index in [9.17, 15) is 13.9 Å². The van der Waals surface area contributed by atoms with Crippen LogP contribution >= 0.6 is 12.4 Å². The zero-order valence-corrected chi connectivity index (χ0v) is 16.7. The van der Waals surface area contributed by atoms with Crippen LogP contribution in [0.4, 0.5) is 8.78 Å². The van der Waals surface area contributed by atoms with Crippen LogP contribution in [0, 0.1) is 0 Å². The molecule has 1 fully saturated rings. The Labute approximate surface area is 174 Å². The Morgan fingerprint density at radius 2 is 1.48 bits per heavy atom. The maximum absolute atomic E-state index is 15.0. The number of hydrogen-bond acceptors (Lipinski definition) is 3. The van der Waals surface area contributed by atoms with Crippen LogP contribution in [0.1, 0.15) is 11.6 Å². The van der Waals surface area contributed by atoms with Gasteiger partial charge in [0.1, 0.15) is 12.6 Å². The molecule has 29 heavy (non-hydrogen) atoms. The summed E-state index contributed by atoms with van der Waals surface area (Å²) in [6.07, 6.45) is 0. The second-order valence-corrected chi connectivity index (χ2v) is 7.62. The summed E-state index contributed by atoms with van der Waals surface area (Å²) in [7, 11) is 0. The van der Waals surface area contributed by atoms with Gasteiger partial charge in [-0.15, -0.1) is 12.4 Å². The average Bonchev–Trinajstić information content (AvgIpc) is 2.73. The molecule has 0 saturated carbocycles. The minimum Gasteiger partial charge on any atom is -0.390 e. The lowest BCUT2D eigenvalue weighted by Gasteiger charge is -2.39. The fraction of sp³-hybridized carbons (Fsp3) is 0.304. The van der Waals surface area contributed by atoms with E-state index in [0.717, 1.165) is 32.3 Å². The molecule has 4 aromatic rings. The number of alkyl halides is 2. The molecular formula is C23H23ClF2N2O. The highest BCUT2D eigenvalue weighted by molar-refractivity contribution is 6.23. The largest absolute Gasteiger partial charge is 0.390 e. The number of nitrogens with one attached hydrogen (secondary N) is 1. The van der Waals surface area contributed by atoms with Crippen molar-refractivity contribution < 1.29 is 13.9 Å². The van der Waals surface area contributed by atoms with Crippen molar-refractivity contribution in [1.29, 1.82) is 0 Å². The Hall–Kier alpha value is -2.05. The van der Waals surface area contributed by atoms with Gasteiger partial charge in [-0.3, -0.25) is 4.90 Å². The molecule has 1 aliphatic heterocycles. The molecule has 0 unspecified atom stereocenters. The highest BCUT2D eigenvalue weighted by Crippen LogP contribution is 2.43. The van der Waals surface area contributed by atoms with Crippen LogP contribution in [-0.4, -0.2) is 48.7 Å². The standard InChI is InChI=1S/C23H22F2N2O.ClH/c24-23(25,14-28)22(27-12-10-26-11-13-27)19-9-7-17-5-4-15-2-1-3-16-6-8-18(19)21(17)20(15)16;/h1-9,22,26,28H,10-14H2;1H/t22-;/m0./s1. The van der Waals surface area contributed by atoms with Crippen molar-refractivity contribution in [1.82, 2.24) is 10.2 Å². The van der Waals surface area contributed by atoms with Crippen molar-refractivity contribution in [2.24, 2.45) is 0 Å². The number of aliphatic hydroxyl groups excluding tert-OH is 1. The van der Waals surface area contributed by atoms with Crippen LogP contribution < -0.4 is 5.32 Å². The molecule has 3 nitrogen and oxygen atoms in total. The Morgan fingerprint density at radius 3 is 2.14 bits per heavy atom. The number of piperazine rings is 1.